The summed E-state index contributed by atoms with van der Waals surface area (Å²) in [5.74, 6) is 0.0104. The van der Waals surface area contributed by atoms with Crippen LogP contribution < -0.4 is 5.56 Å². The molecule has 0 N–H and O–H groups in total. The average Bonchev–Trinajstić information content (AvgIpc) is 3.26. The van der Waals surface area contributed by atoms with Crippen molar-refractivity contribution in [1.29, 1.82) is 0 Å². The number of carbonyl (C=O) groups is 1. The number of aryl methyl sites for hydroxylation is 4. The summed E-state index contributed by atoms with van der Waals surface area (Å²) in [7, 11) is -1.43. The molecule has 4 rings (SSSR count). The van der Waals surface area contributed by atoms with Crippen molar-refractivity contribution >= 4 is 49.1 Å². The summed E-state index contributed by atoms with van der Waals surface area (Å²) in [5, 5.41) is 1.07. The van der Waals surface area contributed by atoms with Crippen LogP contribution in [0.25, 0.3) is 15.9 Å². The zero-order chi connectivity index (χ0) is 24.1. The number of fused-ring (bicyclic) bond motifs is 1. The zero-order valence-electron chi connectivity index (χ0n) is 19.3. The molecule has 176 valence electrons. The first-order chi connectivity index (χ1) is 15.5. The predicted octanol–water partition coefficient (Wildman–Crippen LogP) is 3.42. The minimum atomic E-state index is -3.08. The number of hydrogen-bond donors (Lipinski definition) is 0. The van der Waals surface area contributed by atoms with Crippen LogP contribution in [0.1, 0.15) is 28.0 Å². The fourth-order valence-electron chi connectivity index (χ4n) is 4.06. The van der Waals surface area contributed by atoms with Gasteiger partial charge in [0.05, 0.1) is 28.3 Å². The maximum absolute atomic E-state index is 13.7. The van der Waals surface area contributed by atoms with Gasteiger partial charge >= 0.3 is 0 Å². The molecule has 1 aliphatic heterocycles. The van der Waals surface area contributed by atoms with Crippen LogP contribution in [-0.4, -0.2) is 59.1 Å². The first kappa shape index (κ1) is 24.0. The van der Waals surface area contributed by atoms with Crippen LogP contribution in [0, 0.1) is 27.7 Å². The van der Waals surface area contributed by atoms with Gasteiger partial charge in [0.2, 0.25) is 5.91 Å². The molecule has 1 fully saturated rings. The molecule has 3 heterocycles. The Morgan fingerprint density at radius 2 is 2.00 bits per heavy atom. The molecule has 2 aromatic heterocycles. The summed E-state index contributed by atoms with van der Waals surface area (Å²) in [6.45, 7) is 7.84. The number of carbonyl (C=O) groups excluding carboxylic acids is 1. The number of thiophene rings is 1. The molecule has 1 atom stereocenters. The summed E-state index contributed by atoms with van der Waals surface area (Å²) in [4.78, 5) is 34.6. The number of thioether (sulfide) groups is 1. The van der Waals surface area contributed by atoms with Crippen LogP contribution in [0.15, 0.2) is 28.2 Å². The summed E-state index contributed by atoms with van der Waals surface area (Å²) in [6.07, 6.45) is 0.459. The summed E-state index contributed by atoms with van der Waals surface area (Å²) >= 11 is 2.69. The summed E-state index contributed by atoms with van der Waals surface area (Å²) in [6, 6.07) is 5.63. The van der Waals surface area contributed by atoms with Crippen LogP contribution in [0.2, 0.25) is 0 Å². The first-order valence-electron chi connectivity index (χ1n) is 10.7. The zero-order valence-corrected chi connectivity index (χ0v) is 21.8. The lowest BCUT2D eigenvalue weighted by Gasteiger charge is -2.23. The maximum atomic E-state index is 13.7. The molecule has 0 radical (unpaired) electrons. The molecule has 0 bridgehead atoms. The van der Waals surface area contributed by atoms with Crippen molar-refractivity contribution in [3.05, 3.63) is 50.1 Å². The van der Waals surface area contributed by atoms with Crippen molar-refractivity contribution < 1.29 is 13.2 Å². The van der Waals surface area contributed by atoms with E-state index in [2.05, 4.69) is 0 Å². The standard InChI is InChI=1S/C23H27N3O4S3/c1-13-6-7-14(2)18(10-13)26-22(28)20-15(3)16(4)32-21(20)24-23(26)31-11-19(27)25(5)17-8-9-33(29,30)12-17/h6-7,10,17H,8-9,11-12H2,1-5H3. The fourth-order valence-corrected chi connectivity index (χ4v) is 7.83. The quantitative estimate of drug-likeness (QED) is 0.390. The highest BCUT2D eigenvalue weighted by atomic mass is 32.2. The Labute approximate surface area is 201 Å². The second-order valence-corrected chi connectivity index (χ2v) is 13.0. The minimum absolute atomic E-state index is 0.00502. The largest absolute Gasteiger partial charge is 0.341 e. The molecule has 3 aromatic rings. The lowest BCUT2D eigenvalue weighted by atomic mass is 10.1. The fraction of sp³-hybridized carbons (Fsp3) is 0.435. The van der Waals surface area contributed by atoms with Crippen LogP contribution in [-0.2, 0) is 14.6 Å². The first-order valence-corrected chi connectivity index (χ1v) is 14.3. The van der Waals surface area contributed by atoms with Gasteiger partial charge in [-0.25, -0.2) is 13.4 Å². The monoisotopic (exact) mass is 505 g/mol. The molecular weight excluding hydrogens is 478 g/mol. The topological polar surface area (TPSA) is 89.3 Å². The van der Waals surface area contributed by atoms with Crippen LogP contribution >= 0.6 is 23.1 Å². The van der Waals surface area contributed by atoms with Gasteiger partial charge in [-0.3, -0.25) is 14.2 Å². The Morgan fingerprint density at radius 1 is 1.27 bits per heavy atom. The molecule has 33 heavy (non-hydrogen) atoms. The molecule has 1 saturated heterocycles. The number of sulfone groups is 1. The molecule has 0 aliphatic carbocycles. The van der Waals surface area contributed by atoms with E-state index in [0.29, 0.717) is 21.8 Å². The molecule has 10 heteroatoms. The summed E-state index contributed by atoms with van der Waals surface area (Å²) in [5.41, 5.74) is 3.51. The molecule has 1 aromatic carbocycles. The van der Waals surface area contributed by atoms with E-state index in [4.69, 9.17) is 4.98 Å². The second-order valence-electron chi connectivity index (χ2n) is 8.64. The smallest absolute Gasteiger partial charge is 0.267 e. The van der Waals surface area contributed by atoms with Crippen LogP contribution in [0.4, 0.5) is 0 Å². The number of nitrogens with zero attached hydrogens (tertiary/aromatic N) is 3. The molecule has 0 spiro atoms. The van der Waals surface area contributed by atoms with Gasteiger partial charge in [0.25, 0.3) is 5.56 Å². The minimum Gasteiger partial charge on any atom is -0.341 e. The second kappa shape index (κ2) is 8.88. The Kier molecular flexibility index (Phi) is 6.45. The molecular formula is C23H27N3O4S3. The van der Waals surface area contributed by atoms with E-state index in [-0.39, 0.29) is 34.8 Å². The van der Waals surface area contributed by atoms with Crippen LogP contribution in [0.5, 0.6) is 0 Å². The van der Waals surface area contributed by atoms with Crippen molar-refractivity contribution in [2.45, 2.75) is 45.3 Å². The van der Waals surface area contributed by atoms with Gasteiger partial charge in [-0.15, -0.1) is 11.3 Å². The van der Waals surface area contributed by atoms with Gasteiger partial charge in [-0.2, -0.15) is 0 Å². The summed E-state index contributed by atoms with van der Waals surface area (Å²) < 4.78 is 25.2. The van der Waals surface area contributed by atoms with Gasteiger partial charge in [0, 0.05) is 18.0 Å². The Morgan fingerprint density at radius 3 is 2.67 bits per heavy atom. The maximum Gasteiger partial charge on any atom is 0.267 e. The lowest BCUT2D eigenvalue weighted by molar-refractivity contribution is -0.128. The Bertz CT molecular complexity index is 1420. The van der Waals surface area contributed by atoms with Crippen molar-refractivity contribution in [2.75, 3.05) is 24.3 Å². The van der Waals surface area contributed by atoms with E-state index in [9.17, 15) is 18.0 Å². The molecule has 7 nitrogen and oxygen atoms in total. The third-order valence-corrected chi connectivity index (χ3v) is 10.0. The number of rotatable bonds is 5. The number of aromatic nitrogens is 2. The molecule has 1 unspecified atom stereocenters. The molecule has 1 aliphatic rings. The predicted molar refractivity (Wildman–Crippen MR) is 135 cm³/mol. The van der Waals surface area contributed by atoms with E-state index in [1.807, 2.05) is 45.9 Å². The molecule has 1 amide bonds. The van der Waals surface area contributed by atoms with E-state index >= 15 is 0 Å². The van der Waals surface area contributed by atoms with Gasteiger partial charge in [0.1, 0.15) is 4.83 Å². The van der Waals surface area contributed by atoms with Crippen molar-refractivity contribution in [2.24, 2.45) is 0 Å². The van der Waals surface area contributed by atoms with E-state index in [0.717, 1.165) is 27.3 Å². The number of hydrogen-bond acceptors (Lipinski definition) is 7. The van der Waals surface area contributed by atoms with E-state index in [1.54, 1.807) is 11.6 Å². The van der Waals surface area contributed by atoms with Crippen LogP contribution in [0.3, 0.4) is 0 Å². The third kappa shape index (κ3) is 4.61. The SMILES string of the molecule is Cc1ccc(C)c(-n2c(SCC(=O)N(C)C3CCS(=O)(=O)C3)nc3sc(C)c(C)c3c2=O)c1. The lowest BCUT2D eigenvalue weighted by Crippen LogP contribution is -2.39. The van der Waals surface area contributed by atoms with Crippen molar-refractivity contribution in [3.8, 4) is 5.69 Å². The highest BCUT2D eigenvalue weighted by molar-refractivity contribution is 7.99. The normalized spacial score (nSPS) is 17.5. The highest BCUT2D eigenvalue weighted by Crippen LogP contribution is 2.30. The highest BCUT2D eigenvalue weighted by Gasteiger charge is 2.32. The Hall–Kier alpha value is -2.17. The van der Waals surface area contributed by atoms with Gasteiger partial charge < -0.3 is 4.90 Å². The van der Waals surface area contributed by atoms with Crippen molar-refractivity contribution in [1.82, 2.24) is 14.5 Å². The number of amides is 1. The van der Waals surface area contributed by atoms with Crippen molar-refractivity contribution in [3.63, 3.8) is 0 Å². The van der Waals surface area contributed by atoms with Gasteiger partial charge in [0.15, 0.2) is 15.0 Å². The van der Waals surface area contributed by atoms with E-state index in [1.165, 1.54) is 28.0 Å². The van der Waals surface area contributed by atoms with Gasteiger partial charge in [-0.1, -0.05) is 23.9 Å². The van der Waals surface area contributed by atoms with E-state index < -0.39 is 9.84 Å². The average molecular weight is 506 g/mol. The third-order valence-electron chi connectivity index (χ3n) is 6.25. The molecule has 0 saturated carbocycles. The number of benzene rings is 1. The van der Waals surface area contributed by atoms with Gasteiger partial charge in [-0.05, 0) is 56.9 Å². The Balaban J connectivity index is 1.73.